The van der Waals surface area contributed by atoms with Crippen LogP contribution in [0.1, 0.15) is 5.82 Å². The van der Waals surface area contributed by atoms with Gasteiger partial charge in [0.05, 0.1) is 10.9 Å². The number of benzene rings is 3. The second-order valence-electron chi connectivity index (χ2n) is 6.67. The number of anilines is 2. The van der Waals surface area contributed by atoms with Crippen LogP contribution in [-0.2, 0) is 0 Å². The van der Waals surface area contributed by atoms with Gasteiger partial charge in [0.1, 0.15) is 24.9 Å². The van der Waals surface area contributed by atoms with Crippen molar-refractivity contribution in [2.45, 2.75) is 6.92 Å². The minimum absolute atomic E-state index is 0.560. The van der Waals surface area contributed by atoms with Crippen molar-refractivity contribution in [2.24, 2.45) is 0 Å². The average Bonchev–Trinajstić information content (AvgIpc) is 2.73. The normalized spacial score (nSPS) is 12.8. The van der Waals surface area contributed by atoms with Gasteiger partial charge in [0, 0.05) is 11.8 Å². The van der Waals surface area contributed by atoms with Gasteiger partial charge in [0.2, 0.25) is 0 Å². The molecule has 4 aromatic rings. The Balaban J connectivity index is 1.65. The van der Waals surface area contributed by atoms with Gasteiger partial charge in [-0.05, 0) is 36.2 Å². The molecule has 1 aromatic heterocycles. The summed E-state index contributed by atoms with van der Waals surface area (Å²) in [4.78, 5) is 9.34. The number of aryl methyl sites for hydroxylation is 1. The summed E-state index contributed by atoms with van der Waals surface area (Å²) >= 11 is 0. The van der Waals surface area contributed by atoms with Gasteiger partial charge in [-0.25, -0.2) is 9.97 Å². The summed E-state index contributed by atoms with van der Waals surface area (Å²) in [6.45, 7) is 3.05. The maximum Gasteiger partial charge on any atom is 0.163 e. The molecule has 1 aliphatic heterocycles. The Morgan fingerprint density at radius 3 is 2.50 bits per heavy atom. The van der Waals surface area contributed by atoms with Crippen LogP contribution < -0.4 is 14.8 Å². The lowest BCUT2D eigenvalue weighted by Gasteiger charge is -2.19. The molecular weight excluding hydrogens is 350 g/mol. The summed E-state index contributed by atoms with van der Waals surface area (Å²) in [5.74, 6) is 3.01. The zero-order valence-electron chi connectivity index (χ0n) is 15.5. The zero-order valence-corrected chi connectivity index (χ0v) is 15.5. The Kier molecular flexibility index (Phi) is 4.05. The van der Waals surface area contributed by atoms with E-state index in [1.54, 1.807) is 0 Å². The minimum Gasteiger partial charge on any atom is -0.486 e. The molecule has 28 heavy (non-hydrogen) atoms. The van der Waals surface area contributed by atoms with Gasteiger partial charge in [-0.15, -0.1) is 0 Å². The van der Waals surface area contributed by atoms with Crippen molar-refractivity contribution in [3.8, 4) is 22.6 Å². The number of hydrogen-bond acceptors (Lipinski definition) is 5. The highest BCUT2D eigenvalue weighted by Gasteiger charge is 2.15. The van der Waals surface area contributed by atoms with E-state index in [1.807, 2.05) is 55.5 Å². The molecule has 1 aliphatic rings. The molecule has 1 N–H and O–H groups in total. The molecule has 5 heteroatoms. The zero-order chi connectivity index (χ0) is 18.9. The third-order valence-electron chi connectivity index (χ3n) is 4.72. The van der Waals surface area contributed by atoms with Gasteiger partial charge in [0.25, 0.3) is 0 Å². The van der Waals surface area contributed by atoms with E-state index < -0.39 is 0 Å². The van der Waals surface area contributed by atoms with E-state index in [2.05, 4.69) is 28.5 Å². The molecule has 0 fully saturated rings. The first-order valence-electron chi connectivity index (χ1n) is 9.27. The first-order valence-corrected chi connectivity index (χ1v) is 9.27. The van der Waals surface area contributed by atoms with Crippen LogP contribution in [0.5, 0.6) is 11.5 Å². The Bertz CT molecular complexity index is 1160. The van der Waals surface area contributed by atoms with E-state index in [0.29, 0.717) is 13.2 Å². The molecule has 138 valence electrons. The summed E-state index contributed by atoms with van der Waals surface area (Å²) in [7, 11) is 0. The Labute approximate surface area is 163 Å². The Morgan fingerprint density at radius 1 is 0.821 bits per heavy atom. The second kappa shape index (κ2) is 6.85. The molecule has 0 amide bonds. The molecule has 0 spiro atoms. The molecule has 0 bridgehead atoms. The van der Waals surface area contributed by atoms with Crippen molar-refractivity contribution in [1.82, 2.24) is 9.97 Å². The number of nitrogens with one attached hydrogen (secondary N) is 1. The van der Waals surface area contributed by atoms with Crippen LogP contribution >= 0.6 is 0 Å². The predicted octanol–water partition coefficient (Wildman–Crippen LogP) is 5.12. The van der Waals surface area contributed by atoms with Gasteiger partial charge < -0.3 is 14.8 Å². The van der Waals surface area contributed by atoms with E-state index in [0.717, 1.165) is 50.9 Å². The smallest absolute Gasteiger partial charge is 0.163 e. The second-order valence-corrected chi connectivity index (χ2v) is 6.67. The van der Waals surface area contributed by atoms with E-state index in [1.165, 1.54) is 0 Å². The molecule has 2 heterocycles. The number of aromatic nitrogens is 2. The number of hydrogen-bond donors (Lipinski definition) is 1. The maximum absolute atomic E-state index is 5.71. The lowest BCUT2D eigenvalue weighted by Crippen LogP contribution is -2.15. The number of ether oxygens (including phenoxy) is 2. The van der Waals surface area contributed by atoms with Crippen LogP contribution in [0.4, 0.5) is 11.5 Å². The number of rotatable bonds is 3. The van der Waals surface area contributed by atoms with Gasteiger partial charge in [-0.2, -0.15) is 0 Å². The highest BCUT2D eigenvalue weighted by molar-refractivity contribution is 6.02. The quantitative estimate of drug-likeness (QED) is 0.543. The van der Waals surface area contributed by atoms with Crippen LogP contribution in [0, 0.1) is 6.92 Å². The first-order chi connectivity index (χ1) is 13.8. The highest BCUT2D eigenvalue weighted by Crippen LogP contribution is 2.36. The van der Waals surface area contributed by atoms with E-state index in [-0.39, 0.29) is 0 Å². The Morgan fingerprint density at radius 2 is 1.64 bits per heavy atom. The fourth-order valence-corrected chi connectivity index (χ4v) is 3.51. The van der Waals surface area contributed by atoms with Gasteiger partial charge in [-0.3, -0.25) is 0 Å². The van der Waals surface area contributed by atoms with E-state index in [4.69, 9.17) is 14.5 Å². The molecule has 0 aliphatic carbocycles. The third kappa shape index (κ3) is 3.01. The predicted molar refractivity (Wildman–Crippen MR) is 110 cm³/mol. The molecule has 5 nitrogen and oxygen atoms in total. The average molecular weight is 369 g/mol. The molecule has 5 rings (SSSR count). The van der Waals surface area contributed by atoms with Crippen LogP contribution in [0.2, 0.25) is 0 Å². The lowest BCUT2D eigenvalue weighted by atomic mass is 10.0. The number of fused-ring (bicyclic) bond motifs is 2. The monoisotopic (exact) mass is 369 g/mol. The fraction of sp³-hybridized carbons (Fsp3) is 0.130. The maximum atomic E-state index is 5.71. The minimum atomic E-state index is 0.560. The van der Waals surface area contributed by atoms with Gasteiger partial charge >= 0.3 is 0 Å². The van der Waals surface area contributed by atoms with Gasteiger partial charge in [0.15, 0.2) is 11.5 Å². The molecular formula is C23H19N3O2. The summed E-state index contributed by atoms with van der Waals surface area (Å²) in [6.07, 6.45) is 0. The lowest BCUT2D eigenvalue weighted by molar-refractivity contribution is 0.171. The standard InChI is InChI=1S/C23H19N3O2/c1-15-24-19-9-5-8-18(16-6-3-2-4-7-16)22(19)23(25-15)26-17-10-11-20-21(14-17)28-13-12-27-20/h2-11,14H,12-13H2,1H3,(H,24,25,26). The third-order valence-corrected chi connectivity index (χ3v) is 4.72. The largest absolute Gasteiger partial charge is 0.486 e. The van der Waals surface area contributed by atoms with Crippen LogP contribution in [0.25, 0.3) is 22.0 Å². The molecule has 0 saturated carbocycles. The number of nitrogens with zero attached hydrogens (tertiary/aromatic N) is 2. The Hall–Kier alpha value is -3.60. The molecule has 0 unspecified atom stereocenters. The molecule has 0 atom stereocenters. The summed E-state index contributed by atoms with van der Waals surface area (Å²) in [5.41, 5.74) is 4.03. The van der Waals surface area contributed by atoms with E-state index in [9.17, 15) is 0 Å². The van der Waals surface area contributed by atoms with E-state index >= 15 is 0 Å². The van der Waals surface area contributed by atoms with Crippen LogP contribution in [0.15, 0.2) is 66.7 Å². The highest BCUT2D eigenvalue weighted by atomic mass is 16.6. The first kappa shape index (κ1) is 16.6. The van der Waals surface area contributed by atoms with Gasteiger partial charge in [-0.1, -0.05) is 42.5 Å². The molecule has 0 radical (unpaired) electrons. The SMILES string of the molecule is Cc1nc(Nc2ccc3c(c2)OCCO3)c2c(-c3ccccc3)cccc2n1. The van der Waals surface area contributed by atoms with Crippen LogP contribution in [-0.4, -0.2) is 23.2 Å². The van der Waals surface area contributed by atoms with Crippen molar-refractivity contribution in [2.75, 3.05) is 18.5 Å². The fourth-order valence-electron chi connectivity index (χ4n) is 3.51. The van der Waals surface area contributed by atoms with Crippen molar-refractivity contribution in [1.29, 1.82) is 0 Å². The van der Waals surface area contributed by atoms with Crippen molar-refractivity contribution in [3.63, 3.8) is 0 Å². The molecule has 3 aromatic carbocycles. The summed E-state index contributed by atoms with van der Waals surface area (Å²) in [5, 5.41) is 4.46. The summed E-state index contributed by atoms with van der Waals surface area (Å²) < 4.78 is 11.3. The van der Waals surface area contributed by atoms with Crippen molar-refractivity contribution >= 4 is 22.4 Å². The van der Waals surface area contributed by atoms with Crippen molar-refractivity contribution in [3.05, 3.63) is 72.6 Å². The van der Waals surface area contributed by atoms with Crippen LogP contribution in [0.3, 0.4) is 0 Å². The summed E-state index contributed by atoms with van der Waals surface area (Å²) in [6, 6.07) is 22.3. The van der Waals surface area contributed by atoms with Crippen molar-refractivity contribution < 1.29 is 9.47 Å². The molecule has 0 saturated heterocycles. The topological polar surface area (TPSA) is 56.3 Å².